The highest BCUT2D eigenvalue weighted by molar-refractivity contribution is 5.64. The Morgan fingerprint density at radius 1 is 1.00 bits per heavy atom. The van der Waals surface area contributed by atoms with Gasteiger partial charge in [-0.3, -0.25) is 4.90 Å². The number of nitrogens with zero attached hydrogens (tertiary/aromatic N) is 3. The molecule has 0 aliphatic carbocycles. The number of rotatable bonds is 7. The molecule has 1 saturated heterocycles. The maximum atomic E-state index is 13.2. The largest absolute Gasteiger partial charge is 0.417 e. The predicted molar refractivity (Wildman–Crippen MR) is 118 cm³/mol. The molecule has 0 unspecified atom stereocenters. The molecule has 170 valence electrons. The van der Waals surface area contributed by atoms with Gasteiger partial charge in [-0.15, -0.1) is 0 Å². The van der Waals surface area contributed by atoms with Gasteiger partial charge < -0.3 is 14.7 Å². The van der Waals surface area contributed by atoms with Crippen LogP contribution in [0.2, 0.25) is 0 Å². The third kappa shape index (κ3) is 5.49. The molecule has 0 bridgehead atoms. The van der Waals surface area contributed by atoms with Gasteiger partial charge in [-0.05, 0) is 25.1 Å². The van der Waals surface area contributed by atoms with E-state index in [2.05, 4.69) is 51.5 Å². The number of alkyl halides is 3. The fraction of sp³-hybridized carbons (Fsp3) is 0.375. The highest BCUT2D eigenvalue weighted by Gasteiger charge is 2.34. The van der Waals surface area contributed by atoms with Crippen molar-refractivity contribution < 1.29 is 17.7 Å². The molecule has 5 nitrogen and oxygen atoms in total. The number of aromatic nitrogens is 1. The quantitative estimate of drug-likeness (QED) is 0.541. The summed E-state index contributed by atoms with van der Waals surface area (Å²) in [5.74, 6) is 0.515. The van der Waals surface area contributed by atoms with Gasteiger partial charge in [0.25, 0.3) is 0 Å². The van der Waals surface area contributed by atoms with Crippen LogP contribution >= 0.6 is 0 Å². The molecule has 1 aromatic heterocycles. The van der Waals surface area contributed by atoms with Crippen LogP contribution in [0.15, 0.2) is 59.1 Å². The second-order valence-corrected chi connectivity index (χ2v) is 8.06. The molecule has 2 heterocycles. The van der Waals surface area contributed by atoms with Gasteiger partial charge in [-0.2, -0.15) is 13.2 Å². The van der Waals surface area contributed by atoms with E-state index in [1.54, 1.807) is 12.1 Å². The average molecular weight is 445 g/mol. The molecule has 2 aromatic carbocycles. The first-order valence-corrected chi connectivity index (χ1v) is 10.8. The molecule has 1 N–H and O–H groups in total. The van der Waals surface area contributed by atoms with Gasteiger partial charge in [0.15, 0.2) is 5.76 Å². The molecule has 1 fully saturated rings. The minimum Gasteiger partial charge on any atom is -0.369 e. The van der Waals surface area contributed by atoms with E-state index < -0.39 is 11.7 Å². The summed E-state index contributed by atoms with van der Waals surface area (Å²) in [6.45, 7) is 8.16. The third-order valence-electron chi connectivity index (χ3n) is 5.74. The Kier molecular flexibility index (Phi) is 6.81. The molecule has 1 aliphatic rings. The van der Waals surface area contributed by atoms with Gasteiger partial charge in [0.2, 0.25) is 0 Å². The summed E-state index contributed by atoms with van der Waals surface area (Å²) in [4.78, 5) is 4.81. The number of nitrogens with one attached hydrogen (secondary N) is 1. The van der Waals surface area contributed by atoms with E-state index in [-0.39, 0.29) is 11.3 Å². The number of anilines is 1. The second kappa shape index (κ2) is 9.75. The van der Waals surface area contributed by atoms with Crippen molar-refractivity contribution in [3.63, 3.8) is 0 Å². The molecular formula is C24H27F3N4O. The smallest absolute Gasteiger partial charge is 0.369 e. The molecule has 4 rings (SSSR count). The lowest BCUT2D eigenvalue weighted by Gasteiger charge is -2.36. The molecule has 0 saturated carbocycles. The number of piperazine rings is 1. The van der Waals surface area contributed by atoms with Crippen molar-refractivity contribution in [1.82, 2.24) is 15.4 Å². The number of aryl methyl sites for hydroxylation is 1. The molecule has 8 heteroatoms. The fourth-order valence-electron chi connectivity index (χ4n) is 3.91. The van der Waals surface area contributed by atoms with Crippen LogP contribution in [-0.2, 0) is 12.7 Å². The normalized spacial score (nSPS) is 15.3. The highest BCUT2D eigenvalue weighted by Crippen LogP contribution is 2.36. The lowest BCUT2D eigenvalue weighted by atomic mass is 10.0. The van der Waals surface area contributed by atoms with E-state index in [1.807, 2.05) is 0 Å². The van der Waals surface area contributed by atoms with Crippen molar-refractivity contribution >= 4 is 5.69 Å². The fourth-order valence-corrected chi connectivity index (χ4v) is 3.91. The van der Waals surface area contributed by atoms with Crippen LogP contribution in [0.5, 0.6) is 0 Å². The van der Waals surface area contributed by atoms with Crippen molar-refractivity contribution in [2.45, 2.75) is 19.6 Å². The summed E-state index contributed by atoms with van der Waals surface area (Å²) in [7, 11) is 0. The van der Waals surface area contributed by atoms with Gasteiger partial charge in [-0.25, -0.2) is 0 Å². The highest BCUT2D eigenvalue weighted by atomic mass is 19.4. The zero-order valence-electron chi connectivity index (χ0n) is 18.0. The van der Waals surface area contributed by atoms with Crippen LogP contribution in [0.1, 0.15) is 16.9 Å². The van der Waals surface area contributed by atoms with Crippen molar-refractivity contribution in [2.75, 3.05) is 44.2 Å². The number of hydrogen-bond acceptors (Lipinski definition) is 5. The summed E-state index contributed by atoms with van der Waals surface area (Å²) in [5, 5.41) is 7.14. The monoisotopic (exact) mass is 444 g/mol. The van der Waals surface area contributed by atoms with Gasteiger partial charge in [0.1, 0.15) is 5.69 Å². The Morgan fingerprint density at radius 3 is 2.44 bits per heavy atom. The first kappa shape index (κ1) is 22.4. The molecule has 0 atom stereocenters. The lowest BCUT2D eigenvalue weighted by molar-refractivity contribution is -0.137. The SMILES string of the molecule is Cc1ccc(N2CCN(CCNCc3cc(-c4ccccc4C(F)(F)F)no3)CC2)cc1. The average Bonchev–Trinajstić information content (AvgIpc) is 3.26. The Balaban J connectivity index is 1.22. The second-order valence-electron chi connectivity index (χ2n) is 8.06. The van der Waals surface area contributed by atoms with Crippen molar-refractivity contribution in [3.8, 4) is 11.3 Å². The lowest BCUT2D eigenvalue weighted by Crippen LogP contribution is -2.48. The zero-order valence-corrected chi connectivity index (χ0v) is 18.0. The summed E-state index contributed by atoms with van der Waals surface area (Å²) in [6.07, 6.45) is -4.43. The topological polar surface area (TPSA) is 44.5 Å². The van der Waals surface area contributed by atoms with E-state index in [0.717, 1.165) is 45.3 Å². The zero-order chi connectivity index (χ0) is 22.6. The van der Waals surface area contributed by atoms with Crippen LogP contribution in [0.3, 0.4) is 0 Å². The Bertz CT molecular complexity index is 1010. The van der Waals surface area contributed by atoms with Crippen LogP contribution in [0.25, 0.3) is 11.3 Å². The standard InChI is InChI=1S/C24H27F3N4O/c1-18-6-8-19(9-7-18)31-14-12-30(13-15-31)11-10-28-17-20-16-23(29-32-20)21-4-2-3-5-22(21)24(25,26)27/h2-9,16,28H,10-15,17H2,1H3. The maximum Gasteiger partial charge on any atom is 0.417 e. The van der Waals surface area contributed by atoms with Crippen LogP contribution in [-0.4, -0.2) is 49.3 Å². The van der Waals surface area contributed by atoms with Crippen LogP contribution in [0.4, 0.5) is 18.9 Å². The first-order valence-electron chi connectivity index (χ1n) is 10.8. The van der Waals surface area contributed by atoms with Crippen molar-refractivity contribution in [2.24, 2.45) is 0 Å². The Labute approximate surface area is 185 Å². The number of hydrogen-bond donors (Lipinski definition) is 1. The van der Waals surface area contributed by atoms with Gasteiger partial charge in [0, 0.05) is 56.6 Å². The summed E-state index contributed by atoms with van der Waals surface area (Å²) >= 11 is 0. The molecule has 0 spiro atoms. The Morgan fingerprint density at radius 2 is 1.72 bits per heavy atom. The summed E-state index contributed by atoms with van der Waals surface area (Å²) in [6, 6.07) is 15.6. The minimum atomic E-state index is -4.43. The number of halogens is 3. The molecule has 0 radical (unpaired) electrons. The summed E-state index contributed by atoms with van der Waals surface area (Å²) in [5.41, 5.74) is 2.05. The molecule has 3 aromatic rings. The molecule has 0 amide bonds. The van der Waals surface area contributed by atoms with Crippen molar-refractivity contribution in [1.29, 1.82) is 0 Å². The third-order valence-corrected chi connectivity index (χ3v) is 5.74. The van der Waals surface area contributed by atoms with Gasteiger partial charge in [-0.1, -0.05) is 41.1 Å². The van der Waals surface area contributed by atoms with E-state index in [0.29, 0.717) is 12.3 Å². The molecule has 32 heavy (non-hydrogen) atoms. The van der Waals surface area contributed by atoms with Crippen molar-refractivity contribution in [3.05, 3.63) is 71.5 Å². The number of benzene rings is 2. The summed E-state index contributed by atoms with van der Waals surface area (Å²) < 4.78 is 44.9. The van der Waals surface area contributed by atoms with Gasteiger partial charge >= 0.3 is 6.18 Å². The minimum absolute atomic E-state index is 0.0291. The first-order chi connectivity index (χ1) is 15.4. The van der Waals surface area contributed by atoms with Gasteiger partial charge in [0.05, 0.1) is 12.1 Å². The maximum absolute atomic E-state index is 13.2. The van der Waals surface area contributed by atoms with E-state index in [9.17, 15) is 13.2 Å². The molecular weight excluding hydrogens is 417 g/mol. The van der Waals surface area contributed by atoms with Crippen LogP contribution < -0.4 is 10.2 Å². The molecule has 1 aliphatic heterocycles. The van der Waals surface area contributed by atoms with E-state index >= 15 is 0 Å². The van der Waals surface area contributed by atoms with Crippen LogP contribution in [0, 0.1) is 6.92 Å². The van der Waals surface area contributed by atoms with E-state index in [1.165, 1.54) is 23.4 Å². The predicted octanol–water partition coefficient (Wildman–Crippen LogP) is 4.58. The van der Waals surface area contributed by atoms with E-state index in [4.69, 9.17) is 4.52 Å². The Hall–Kier alpha value is -2.84.